The maximum absolute atomic E-state index is 4.20. The molecule has 1 saturated carbocycles. The first-order chi connectivity index (χ1) is 6.62. The SMILES string of the molecule is Cc1cc(NC2(C(C)C)CC2)ccn1. The first-order valence-corrected chi connectivity index (χ1v) is 5.33. The lowest BCUT2D eigenvalue weighted by molar-refractivity contribution is 0.512. The summed E-state index contributed by atoms with van der Waals surface area (Å²) in [6.07, 6.45) is 4.46. The molecule has 0 unspecified atom stereocenters. The molecule has 1 aromatic heterocycles. The summed E-state index contributed by atoms with van der Waals surface area (Å²) in [6, 6.07) is 4.16. The number of nitrogens with zero attached hydrogens (tertiary/aromatic N) is 1. The molecule has 0 amide bonds. The van der Waals surface area contributed by atoms with Crippen molar-refractivity contribution in [2.75, 3.05) is 5.32 Å². The number of nitrogens with one attached hydrogen (secondary N) is 1. The van der Waals surface area contributed by atoms with Crippen LogP contribution in [-0.4, -0.2) is 10.5 Å². The molecular weight excluding hydrogens is 172 g/mol. The van der Waals surface area contributed by atoms with Crippen LogP contribution in [0, 0.1) is 12.8 Å². The van der Waals surface area contributed by atoms with Crippen molar-refractivity contribution in [2.45, 2.75) is 39.2 Å². The van der Waals surface area contributed by atoms with Crippen LogP contribution in [-0.2, 0) is 0 Å². The molecule has 0 spiro atoms. The molecule has 0 aromatic carbocycles. The molecule has 0 atom stereocenters. The fraction of sp³-hybridized carbons (Fsp3) is 0.583. The van der Waals surface area contributed by atoms with Gasteiger partial charge in [-0.15, -0.1) is 0 Å². The van der Waals surface area contributed by atoms with Crippen molar-refractivity contribution in [3.05, 3.63) is 24.0 Å². The summed E-state index contributed by atoms with van der Waals surface area (Å²) >= 11 is 0. The van der Waals surface area contributed by atoms with E-state index >= 15 is 0 Å². The third-order valence-corrected chi connectivity index (χ3v) is 3.18. The molecule has 1 heterocycles. The lowest BCUT2D eigenvalue weighted by atomic mass is 10.0. The predicted molar refractivity (Wildman–Crippen MR) is 59.4 cm³/mol. The number of hydrogen-bond donors (Lipinski definition) is 1. The van der Waals surface area contributed by atoms with Crippen molar-refractivity contribution in [3.8, 4) is 0 Å². The fourth-order valence-corrected chi connectivity index (χ4v) is 1.89. The summed E-state index contributed by atoms with van der Waals surface area (Å²) < 4.78 is 0. The number of anilines is 1. The Hall–Kier alpha value is -1.05. The summed E-state index contributed by atoms with van der Waals surface area (Å²) in [5, 5.41) is 3.63. The summed E-state index contributed by atoms with van der Waals surface area (Å²) in [5.41, 5.74) is 2.66. The third kappa shape index (κ3) is 1.74. The van der Waals surface area contributed by atoms with Crippen LogP contribution in [0.5, 0.6) is 0 Å². The normalized spacial score (nSPS) is 18.3. The van der Waals surface area contributed by atoms with Gasteiger partial charge in [-0.25, -0.2) is 0 Å². The van der Waals surface area contributed by atoms with Gasteiger partial charge in [-0.3, -0.25) is 4.98 Å². The van der Waals surface area contributed by atoms with Gasteiger partial charge in [0.15, 0.2) is 0 Å². The maximum atomic E-state index is 4.20. The molecule has 76 valence electrons. The van der Waals surface area contributed by atoms with Crippen LogP contribution in [0.1, 0.15) is 32.4 Å². The quantitative estimate of drug-likeness (QED) is 0.792. The van der Waals surface area contributed by atoms with Gasteiger partial charge in [-0.1, -0.05) is 13.8 Å². The number of rotatable bonds is 3. The fourth-order valence-electron chi connectivity index (χ4n) is 1.89. The number of hydrogen-bond acceptors (Lipinski definition) is 2. The minimum atomic E-state index is 0.369. The van der Waals surface area contributed by atoms with Crippen LogP contribution in [0.3, 0.4) is 0 Å². The lowest BCUT2D eigenvalue weighted by Gasteiger charge is -2.22. The van der Waals surface area contributed by atoms with Gasteiger partial charge in [0.2, 0.25) is 0 Å². The summed E-state index contributed by atoms with van der Waals surface area (Å²) in [4.78, 5) is 4.20. The van der Waals surface area contributed by atoms with Crippen LogP contribution < -0.4 is 5.32 Å². The van der Waals surface area contributed by atoms with E-state index in [9.17, 15) is 0 Å². The predicted octanol–water partition coefficient (Wildman–Crippen LogP) is 2.99. The average molecular weight is 190 g/mol. The van der Waals surface area contributed by atoms with E-state index in [2.05, 4.69) is 36.3 Å². The Labute approximate surface area is 85.7 Å². The van der Waals surface area contributed by atoms with Crippen molar-refractivity contribution in [1.82, 2.24) is 4.98 Å². The van der Waals surface area contributed by atoms with Crippen molar-refractivity contribution < 1.29 is 0 Å². The highest BCUT2D eigenvalue weighted by Crippen LogP contribution is 2.44. The molecule has 1 aliphatic carbocycles. The van der Waals surface area contributed by atoms with Gasteiger partial charge in [-0.05, 0) is 37.8 Å². The van der Waals surface area contributed by atoms with Gasteiger partial charge in [0, 0.05) is 23.1 Å². The van der Waals surface area contributed by atoms with Gasteiger partial charge in [0.1, 0.15) is 0 Å². The van der Waals surface area contributed by atoms with Gasteiger partial charge < -0.3 is 5.32 Å². The molecule has 1 fully saturated rings. The maximum Gasteiger partial charge on any atom is 0.0398 e. The summed E-state index contributed by atoms with van der Waals surface area (Å²) in [7, 11) is 0. The Morgan fingerprint density at radius 1 is 1.43 bits per heavy atom. The molecule has 1 N–H and O–H groups in total. The van der Waals surface area contributed by atoms with E-state index in [-0.39, 0.29) is 0 Å². The van der Waals surface area contributed by atoms with E-state index in [1.807, 2.05) is 13.1 Å². The van der Waals surface area contributed by atoms with Gasteiger partial charge in [-0.2, -0.15) is 0 Å². The first kappa shape index (κ1) is 9.50. The number of aromatic nitrogens is 1. The highest BCUT2D eigenvalue weighted by Gasteiger charge is 2.45. The summed E-state index contributed by atoms with van der Waals surface area (Å²) in [5.74, 6) is 0.705. The molecule has 0 bridgehead atoms. The molecule has 2 heteroatoms. The molecule has 2 rings (SSSR count). The zero-order chi connectivity index (χ0) is 10.2. The topological polar surface area (TPSA) is 24.9 Å². The highest BCUT2D eigenvalue weighted by molar-refractivity contribution is 5.47. The number of aryl methyl sites for hydroxylation is 1. The molecule has 0 saturated heterocycles. The van der Waals surface area contributed by atoms with Crippen LogP contribution in [0.25, 0.3) is 0 Å². The zero-order valence-corrected chi connectivity index (χ0v) is 9.17. The van der Waals surface area contributed by atoms with E-state index in [1.165, 1.54) is 18.5 Å². The monoisotopic (exact) mass is 190 g/mol. The number of pyridine rings is 1. The van der Waals surface area contributed by atoms with E-state index in [0.717, 1.165) is 5.69 Å². The Morgan fingerprint density at radius 3 is 2.64 bits per heavy atom. The molecular formula is C12H18N2. The molecule has 1 aliphatic rings. The Bertz CT molecular complexity index is 327. The van der Waals surface area contributed by atoms with Crippen molar-refractivity contribution >= 4 is 5.69 Å². The molecule has 2 nitrogen and oxygen atoms in total. The van der Waals surface area contributed by atoms with E-state index in [4.69, 9.17) is 0 Å². The van der Waals surface area contributed by atoms with Gasteiger partial charge >= 0.3 is 0 Å². The van der Waals surface area contributed by atoms with Crippen molar-refractivity contribution in [3.63, 3.8) is 0 Å². The van der Waals surface area contributed by atoms with Crippen LogP contribution >= 0.6 is 0 Å². The smallest absolute Gasteiger partial charge is 0.0398 e. The Morgan fingerprint density at radius 2 is 2.14 bits per heavy atom. The van der Waals surface area contributed by atoms with Crippen LogP contribution in [0.2, 0.25) is 0 Å². The molecule has 0 radical (unpaired) electrons. The lowest BCUT2D eigenvalue weighted by Crippen LogP contribution is -2.27. The van der Waals surface area contributed by atoms with E-state index in [0.29, 0.717) is 11.5 Å². The van der Waals surface area contributed by atoms with Gasteiger partial charge in [0.05, 0.1) is 0 Å². The minimum absolute atomic E-state index is 0.369. The third-order valence-electron chi connectivity index (χ3n) is 3.18. The van der Waals surface area contributed by atoms with Crippen molar-refractivity contribution in [2.24, 2.45) is 5.92 Å². The standard InChI is InChI=1S/C12H18N2/c1-9(2)12(5-6-12)14-11-4-7-13-10(3)8-11/h4,7-9H,5-6H2,1-3H3,(H,13,14). The zero-order valence-electron chi connectivity index (χ0n) is 9.17. The second kappa shape index (κ2) is 3.26. The Balaban J connectivity index is 2.11. The molecule has 0 aliphatic heterocycles. The molecule has 14 heavy (non-hydrogen) atoms. The average Bonchev–Trinajstić information content (AvgIpc) is 2.85. The van der Waals surface area contributed by atoms with Crippen molar-refractivity contribution in [1.29, 1.82) is 0 Å². The van der Waals surface area contributed by atoms with Crippen LogP contribution in [0.15, 0.2) is 18.3 Å². The van der Waals surface area contributed by atoms with Crippen LogP contribution in [0.4, 0.5) is 5.69 Å². The largest absolute Gasteiger partial charge is 0.379 e. The minimum Gasteiger partial charge on any atom is -0.379 e. The highest BCUT2D eigenvalue weighted by atomic mass is 15.0. The Kier molecular flexibility index (Phi) is 2.22. The molecule has 1 aromatic rings. The van der Waals surface area contributed by atoms with Gasteiger partial charge in [0.25, 0.3) is 0 Å². The first-order valence-electron chi connectivity index (χ1n) is 5.33. The second-order valence-electron chi connectivity index (χ2n) is 4.62. The van der Waals surface area contributed by atoms with E-state index < -0.39 is 0 Å². The van der Waals surface area contributed by atoms with E-state index in [1.54, 1.807) is 0 Å². The second-order valence-corrected chi connectivity index (χ2v) is 4.62. The summed E-state index contributed by atoms with van der Waals surface area (Å²) in [6.45, 7) is 6.60.